The van der Waals surface area contributed by atoms with Crippen LogP contribution >= 0.6 is 0 Å². The third kappa shape index (κ3) is 0.812. The van der Waals surface area contributed by atoms with Crippen molar-refractivity contribution in [2.24, 2.45) is 0 Å². The number of rotatable bonds is 1. The van der Waals surface area contributed by atoms with Crippen molar-refractivity contribution in [1.82, 2.24) is 9.61 Å². The number of halogens is 1. The Bertz CT molecular complexity index is 436. The molecule has 2 rings (SSSR count). The van der Waals surface area contributed by atoms with Crippen LogP contribution in [0.3, 0.4) is 0 Å². The van der Waals surface area contributed by atoms with Crippen LogP contribution in [0.4, 0.5) is 4.39 Å². The molecule has 0 aromatic carbocycles. The molecule has 0 radical (unpaired) electrons. The Kier molecular flexibility index (Phi) is 1.40. The van der Waals surface area contributed by atoms with E-state index in [1.165, 1.54) is 4.52 Å². The number of fused-ring (bicyclic) bond motifs is 1. The first kappa shape index (κ1) is 6.97. The Morgan fingerprint density at radius 2 is 2.42 bits per heavy atom. The SMILES string of the molecule is O=Cc1cccn2ncc(F)c12. The average molecular weight is 164 g/mol. The lowest BCUT2D eigenvalue weighted by molar-refractivity contribution is 0.112. The fraction of sp³-hybridized carbons (Fsp3) is 0. The number of carbonyl (C=O) groups excluding carboxylic acids is 1. The second-order valence-electron chi connectivity index (χ2n) is 2.37. The lowest BCUT2D eigenvalue weighted by Gasteiger charge is -1.94. The molecule has 4 heteroatoms. The first-order valence-electron chi connectivity index (χ1n) is 3.40. The smallest absolute Gasteiger partial charge is 0.169 e. The molecule has 2 aromatic rings. The molecule has 2 heterocycles. The van der Waals surface area contributed by atoms with Gasteiger partial charge in [0.25, 0.3) is 0 Å². The Labute approximate surface area is 67.4 Å². The van der Waals surface area contributed by atoms with Gasteiger partial charge in [-0.05, 0) is 12.1 Å². The van der Waals surface area contributed by atoms with Gasteiger partial charge in [-0.3, -0.25) is 4.79 Å². The van der Waals surface area contributed by atoms with E-state index in [9.17, 15) is 9.18 Å². The molecule has 3 nitrogen and oxygen atoms in total. The van der Waals surface area contributed by atoms with Crippen molar-refractivity contribution in [3.63, 3.8) is 0 Å². The lowest BCUT2D eigenvalue weighted by atomic mass is 10.2. The highest BCUT2D eigenvalue weighted by molar-refractivity contribution is 5.85. The van der Waals surface area contributed by atoms with Crippen molar-refractivity contribution in [2.75, 3.05) is 0 Å². The normalized spacial score (nSPS) is 10.4. The maximum Gasteiger partial charge on any atom is 0.169 e. The van der Waals surface area contributed by atoms with Gasteiger partial charge in [0.1, 0.15) is 5.52 Å². The molecule has 0 aliphatic rings. The van der Waals surface area contributed by atoms with Crippen LogP contribution in [0.15, 0.2) is 24.5 Å². The molecule has 12 heavy (non-hydrogen) atoms. The van der Waals surface area contributed by atoms with E-state index >= 15 is 0 Å². The van der Waals surface area contributed by atoms with E-state index in [1.807, 2.05) is 0 Å². The summed E-state index contributed by atoms with van der Waals surface area (Å²) in [5, 5.41) is 3.71. The van der Waals surface area contributed by atoms with Crippen molar-refractivity contribution in [3.05, 3.63) is 35.9 Å². The van der Waals surface area contributed by atoms with Crippen LogP contribution in [0.5, 0.6) is 0 Å². The Balaban J connectivity index is 2.93. The molecule has 0 N–H and O–H groups in total. The molecule has 0 unspecified atom stereocenters. The number of aromatic nitrogens is 2. The van der Waals surface area contributed by atoms with Crippen LogP contribution < -0.4 is 0 Å². The van der Waals surface area contributed by atoms with Crippen molar-refractivity contribution in [3.8, 4) is 0 Å². The Morgan fingerprint density at radius 3 is 3.17 bits per heavy atom. The minimum absolute atomic E-state index is 0.229. The molecular formula is C8H5FN2O. The van der Waals surface area contributed by atoms with Gasteiger partial charge in [-0.25, -0.2) is 8.91 Å². The molecule has 0 amide bonds. The fourth-order valence-electron chi connectivity index (χ4n) is 1.13. The molecule has 2 aromatic heterocycles. The highest BCUT2D eigenvalue weighted by atomic mass is 19.1. The third-order valence-electron chi connectivity index (χ3n) is 1.65. The molecule has 0 aliphatic heterocycles. The summed E-state index contributed by atoms with van der Waals surface area (Å²) in [5.74, 6) is -0.474. The summed E-state index contributed by atoms with van der Waals surface area (Å²) in [6.07, 6.45) is 3.29. The Morgan fingerprint density at radius 1 is 1.58 bits per heavy atom. The van der Waals surface area contributed by atoms with Gasteiger partial charge in [-0.15, -0.1) is 0 Å². The van der Waals surface area contributed by atoms with Gasteiger partial charge >= 0.3 is 0 Å². The zero-order chi connectivity index (χ0) is 8.55. The summed E-state index contributed by atoms with van der Waals surface area (Å²) in [4.78, 5) is 10.5. The number of hydrogen-bond acceptors (Lipinski definition) is 2. The van der Waals surface area contributed by atoms with E-state index in [1.54, 1.807) is 18.3 Å². The Hall–Kier alpha value is -1.71. The number of carbonyl (C=O) groups is 1. The van der Waals surface area contributed by atoms with Crippen molar-refractivity contribution in [1.29, 1.82) is 0 Å². The number of aldehydes is 1. The maximum atomic E-state index is 13.0. The molecule has 0 fully saturated rings. The van der Waals surface area contributed by atoms with Crippen LogP contribution in [0.1, 0.15) is 10.4 Å². The van der Waals surface area contributed by atoms with Crippen molar-refractivity contribution >= 4 is 11.8 Å². The summed E-state index contributed by atoms with van der Waals surface area (Å²) in [6, 6.07) is 3.19. The van der Waals surface area contributed by atoms with Gasteiger partial charge < -0.3 is 0 Å². The standard InChI is InChI=1S/C8H5FN2O/c9-7-4-10-11-3-1-2-6(5-12)8(7)11/h1-5H. The molecule has 0 bridgehead atoms. The number of pyridine rings is 1. The monoisotopic (exact) mass is 164 g/mol. The van der Waals surface area contributed by atoms with Gasteiger partial charge in [0, 0.05) is 11.8 Å². The average Bonchev–Trinajstić information content (AvgIpc) is 2.48. The van der Waals surface area contributed by atoms with Gasteiger partial charge in [-0.2, -0.15) is 5.10 Å². The van der Waals surface area contributed by atoms with Gasteiger partial charge in [-0.1, -0.05) is 0 Å². The third-order valence-corrected chi connectivity index (χ3v) is 1.65. The topological polar surface area (TPSA) is 34.4 Å². The van der Waals surface area contributed by atoms with Crippen molar-refractivity contribution in [2.45, 2.75) is 0 Å². The zero-order valence-electron chi connectivity index (χ0n) is 6.07. The summed E-state index contributed by atoms with van der Waals surface area (Å²) in [5.41, 5.74) is 0.542. The first-order chi connectivity index (χ1) is 5.83. The van der Waals surface area contributed by atoms with Crippen LogP contribution in [0.25, 0.3) is 5.52 Å². The van der Waals surface area contributed by atoms with Crippen LogP contribution in [0, 0.1) is 5.82 Å². The molecule has 0 aliphatic carbocycles. The van der Waals surface area contributed by atoms with Crippen LogP contribution in [-0.2, 0) is 0 Å². The largest absolute Gasteiger partial charge is 0.298 e. The minimum Gasteiger partial charge on any atom is -0.298 e. The van der Waals surface area contributed by atoms with E-state index in [2.05, 4.69) is 5.10 Å². The molecule has 0 saturated heterocycles. The molecule has 0 atom stereocenters. The van der Waals surface area contributed by atoms with Gasteiger partial charge in [0.05, 0.1) is 6.20 Å². The second-order valence-corrected chi connectivity index (χ2v) is 2.37. The molecular weight excluding hydrogens is 159 g/mol. The summed E-state index contributed by atoms with van der Waals surface area (Å²) in [6.45, 7) is 0. The van der Waals surface area contributed by atoms with E-state index in [-0.39, 0.29) is 5.52 Å². The van der Waals surface area contributed by atoms with Crippen molar-refractivity contribution < 1.29 is 9.18 Å². The van der Waals surface area contributed by atoms with Gasteiger partial charge in [0.2, 0.25) is 0 Å². The predicted octanol–water partition coefficient (Wildman–Crippen LogP) is 1.29. The van der Waals surface area contributed by atoms with Gasteiger partial charge in [0.15, 0.2) is 12.1 Å². The highest BCUT2D eigenvalue weighted by Crippen LogP contribution is 2.11. The highest BCUT2D eigenvalue weighted by Gasteiger charge is 2.06. The van der Waals surface area contributed by atoms with E-state index in [0.717, 1.165) is 6.20 Å². The number of hydrogen-bond donors (Lipinski definition) is 0. The molecule has 60 valence electrons. The first-order valence-corrected chi connectivity index (χ1v) is 3.40. The zero-order valence-corrected chi connectivity index (χ0v) is 6.07. The number of nitrogens with zero attached hydrogens (tertiary/aromatic N) is 2. The van der Waals surface area contributed by atoms with Crippen LogP contribution in [0.2, 0.25) is 0 Å². The minimum atomic E-state index is -0.474. The molecule has 0 spiro atoms. The van der Waals surface area contributed by atoms with E-state index in [0.29, 0.717) is 11.8 Å². The maximum absolute atomic E-state index is 13.0. The summed E-state index contributed by atoms with van der Waals surface area (Å²) < 4.78 is 14.3. The van der Waals surface area contributed by atoms with Crippen LogP contribution in [-0.4, -0.2) is 15.9 Å². The molecule has 0 saturated carbocycles. The lowest BCUT2D eigenvalue weighted by Crippen LogP contribution is -1.90. The second kappa shape index (κ2) is 2.41. The summed E-state index contributed by atoms with van der Waals surface area (Å²) in [7, 11) is 0. The van der Waals surface area contributed by atoms with E-state index < -0.39 is 5.82 Å². The van der Waals surface area contributed by atoms with E-state index in [4.69, 9.17) is 0 Å². The quantitative estimate of drug-likeness (QED) is 0.595. The predicted molar refractivity (Wildman–Crippen MR) is 40.5 cm³/mol. The fourth-order valence-corrected chi connectivity index (χ4v) is 1.13. The summed E-state index contributed by atoms with van der Waals surface area (Å²) >= 11 is 0.